The van der Waals surface area contributed by atoms with E-state index in [0.717, 1.165) is 42.1 Å². The Kier molecular flexibility index (Phi) is 4.81. The molecule has 3 rings (SSSR count). The van der Waals surface area contributed by atoms with Crippen LogP contribution in [-0.4, -0.2) is 32.5 Å². The summed E-state index contributed by atoms with van der Waals surface area (Å²) in [6.45, 7) is 3.98. The lowest BCUT2D eigenvalue weighted by atomic mass is 10.1. The van der Waals surface area contributed by atoms with Crippen molar-refractivity contribution < 1.29 is 14.2 Å². The summed E-state index contributed by atoms with van der Waals surface area (Å²) in [6, 6.07) is 4.14. The molecule has 1 atom stereocenters. The van der Waals surface area contributed by atoms with Crippen molar-refractivity contribution in [2.75, 3.05) is 26.4 Å². The summed E-state index contributed by atoms with van der Waals surface area (Å²) >= 11 is 3.54. The highest BCUT2D eigenvalue weighted by Gasteiger charge is 2.17. The van der Waals surface area contributed by atoms with Gasteiger partial charge in [0, 0.05) is 13.2 Å². The van der Waals surface area contributed by atoms with Gasteiger partial charge in [-0.1, -0.05) is 0 Å². The highest BCUT2D eigenvalue weighted by molar-refractivity contribution is 9.10. The molecule has 0 saturated carbocycles. The molecular weight excluding hydrogens is 322 g/mol. The van der Waals surface area contributed by atoms with Gasteiger partial charge in [-0.2, -0.15) is 0 Å². The average molecular weight is 342 g/mol. The second-order valence-electron chi connectivity index (χ2n) is 5.20. The average Bonchev–Trinajstić information content (AvgIpc) is 2.97. The second-order valence-corrected chi connectivity index (χ2v) is 6.06. The summed E-state index contributed by atoms with van der Waals surface area (Å²) in [5, 5.41) is 3.47. The zero-order valence-electron chi connectivity index (χ0n) is 11.5. The first kappa shape index (κ1) is 14.2. The van der Waals surface area contributed by atoms with Gasteiger partial charge in [0.05, 0.1) is 10.6 Å². The Hall–Kier alpha value is -0.780. The molecule has 4 nitrogen and oxygen atoms in total. The lowest BCUT2D eigenvalue weighted by molar-refractivity contribution is 0.104. The predicted octanol–water partition coefficient (Wildman–Crippen LogP) is 2.88. The molecule has 1 aromatic rings. The number of hydrogen-bond donors (Lipinski definition) is 1. The van der Waals surface area contributed by atoms with E-state index in [1.54, 1.807) is 0 Å². The molecule has 0 aromatic heterocycles. The maximum Gasteiger partial charge on any atom is 0.175 e. The Bertz CT molecular complexity index is 461. The normalized spacial score (nSPS) is 21.1. The molecule has 2 heterocycles. The van der Waals surface area contributed by atoms with Gasteiger partial charge in [-0.3, -0.25) is 0 Å². The summed E-state index contributed by atoms with van der Waals surface area (Å²) in [6.07, 6.45) is 3.96. The number of nitrogens with one attached hydrogen (secondary N) is 1. The summed E-state index contributed by atoms with van der Waals surface area (Å²) in [5.41, 5.74) is 1.20. The Morgan fingerprint density at radius 2 is 2.10 bits per heavy atom. The summed E-state index contributed by atoms with van der Waals surface area (Å²) in [7, 11) is 0. The van der Waals surface area contributed by atoms with E-state index in [4.69, 9.17) is 14.2 Å². The van der Waals surface area contributed by atoms with E-state index in [9.17, 15) is 0 Å². The maximum absolute atomic E-state index is 5.63. The Morgan fingerprint density at radius 3 is 2.95 bits per heavy atom. The van der Waals surface area contributed by atoms with Crippen molar-refractivity contribution in [3.8, 4) is 11.5 Å². The van der Waals surface area contributed by atoms with E-state index in [0.29, 0.717) is 19.3 Å². The Labute approximate surface area is 127 Å². The van der Waals surface area contributed by atoms with Crippen molar-refractivity contribution >= 4 is 15.9 Å². The molecule has 2 aliphatic heterocycles. The van der Waals surface area contributed by atoms with E-state index in [1.165, 1.54) is 18.4 Å². The number of halogens is 1. The van der Waals surface area contributed by atoms with Crippen molar-refractivity contribution in [1.29, 1.82) is 0 Å². The third kappa shape index (κ3) is 3.45. The predicted molar refractivity (Wildman–Crippen MR) is 80.4 cm³/mol. The van der Waals surface area contributed by atoms with Crippen LogP contribution in [0, 0.1) is 0 Å². The van der Waals surface area contributed by atoms with Crippen LogP contribution >= 0.6 is 15.9 Å². The smallest absolute Gasteiger partial charge is 0.175 e. The van der Waals surface area contributed by atoms with Crippen molar-refractivity contribution in [2.45, 2.75) is 31.9 Å². The molecule has 20 heavy (non-hydrogen) atoms. The topological polar surface area (TPSA) is 39.7 Å². The minimum Gasteiger partial charge on any atom is -0.486 e. The van der Waals surface area contributed by atoms with Gasteiger partial charge < -0.3 is 19.5 Å². The molecule has 1 saturated heterocycles. The molecule has 2 aliphatic rings. The summed E-state index contributed by atoms with van der Waals surface area (Å²) < 4.78 is 17.8. The molecule has 1 aromatic carbocycles. The maximum atomic E-state index is 5.63. The monoisotopic (exact) mass is 341 g/mol. The van der Waals surface area contributed by atoms with Crippen molar-refractivity contribution in [3.05, 3.63) is 22.2 Å². The van der Waals surface area contributed by atoms with Crippen LogP contribution in [0.4, 0.5) is 0 Å². The van der Waals surface area contributed by atoms with Crippen LogP contribution in [0.15, 0.2) is 16.6 Å². The van der Waals surface area contributed by atoms with Gasteiger partial charge in [0.2, 0.25) is 0 Å². The standard InChI is InChI=1S/C15H20BrNO3/c16-13-8-11(9-14-15(13)20-7-6-19-14)10-17-4-3-12-2-1-5-18-12/h8-9,12,17H,1-7,10H2. The van der Waals surface area contributed by atoms with Gasteiger partial charge in [-0.15, -0.1) is 0 Å². The fourth-order valence-corrected chi connectivity index (χ4v) is 3.24. The van der Waals surface area contributed by atoms with Crippen LogP contribution in [0.25, 0.3) is 0 Å². The number of benzene rings is 1. The van der Waals surface area contributed by atoms with E-state index in [1.807, 2.05) is 0 Å². The van der Waals surface area contributed by atoms with Crippen molar-refractivity contribution in [3.63, 3.8) is 0 Å². The minimum atomic E-state index is 0.453. The fraction of sp³-hybridized carbons (Fsp3) is 0.600. The van der Waals surface area contributed by atoms with Gasteiger partial charge in [0.1, 0.15) is 13.2 Å². The first-order valence-corrected chi connectivity index (χ1v) is 8.02. The van der Waals surface area contributed by atoms with E-state index < -0.39 is 0 Å². The molecule has 0 spiro atoms. The highest BCUT2D eigenvalue weighted by Crippen LogP contribution is 2.38. The Morgan fingerprint density at radius 1 is 1.20 bits per heavy atom. The lowest BCUT2D eigenvalue weighted by Crippen LogP contribution is -2.20. The minimum absolute atomic E-state index is 0.453. The van der Waals surface area contributed by atoms with Crippen LogP contribution in [0.2, 0.25) is 0 Å². The molecule has 1 N–H and O–H groups in total. The van der Waals surface area contributed by atoms with E-state index >= 15 is 0 Å². The molecule has 110 valence electrons. The third-order valence-corrected chi connectivity index (χ3v) is 4.24. The van der Waals surface area contributed by atoms with E-state index in [-0.39, 0.29) is 0 Å². The van der Waals surface area contributed by atoms with Crippen LogP contribution in [0.1, 0.15) is 24.8 Å². The molecule has 1 unspecified atom stereocenters. The zero-order chi connectivity index (χ0) is 13.8. The molecular formula is C15H20BrNO3. The highest BCUT2D eigenvalue weighted by atomic mass is 79.9. The quantitative estimate of drug-likeness (QED) is 0.836. The summed E-state index contributed by atoms with van der Waals surface area (Å²) in [4.78, 5) is 0. The second kappa shape index (κ2) is 6.78. The largest absolute Gasteiger partial charge is 0.486 e. The molecule has 0 aliphatic carbocycles. The van der Waals surface area contributed by atoms with Gasteiger partial charge in [-0.25, -0.2) is 0 Å². The Balaban J connectivity index is 1.51. The van der Waals surface area contributed by atoms with E-state index in [2.05, 4.69) is 33.4 Å². The van der Waals surface area contributed by atoms with Gasteiger partial charge in [0.15, 0.2) is 11.5 Å². The van der Waals surface area contributed by atoms with Gasteiger partial charge in [0.25, 0.3) is 0 Å². The fourth-order valence-electron chi connectivity index (χ4n) is 2.63. The molecule has 0 radical (unpaired) electrons. The van der Waals surface area contributed by atoms with Crippen LogP contribution < -0.4 is 14.8 Å². The first-order valence-electron chi connectivity index (χ1n) is 7.23. The molecule has 1 fully saturated rings. The number of rotatable bonds is 5. The van der Waals surface area contributed by atoms with Gasteiger partial charge in [-0.05, 0) is 59.4 Å². The first-order chi connectivity index (χ1) is 9.83. The van der Waals surface area contributed by atoms with Crippen LogP contribution in [0.3, 0.4) is 0 Å². The number of fused-ring (bicyclic) bond motifs is 1. The van der Waals surface area contributed by atoms with Crippen molar-refractivity contribution in [1.82, 2.24) is 5.32 Å². The molecule has 0 amide bonds. The molecule has 5 heteroatoms. The van der Waals surface area contributed by atoms with Gasteiger partial charge >= 0.3 is 0 Å². The van der Waals surface area contributed by atoms with Crippen LogP contribution in [0.5, 0.6) is 11.5 Å². The third-order valence-electron chi connectivity index (χ3n) is 3.65. The number of hydrogen-bond acceptors (Lipinski definition) is 4. The van der Waals surface area contributed by atoms with Crippen molar-refractivity contribution in [2.24, 2.45) is 0 Å². The summed E-state index contributed by atoms with van der Waals surface area (Å²) in [5.74, 6) is 1.65. The van der Waals surface area contributed by atoms with Crippen LogP contribution in [-0.2, 0) is 11.3 Å². The zero-order valence-corrected chi connectivity index (χ0v) is 13.1. The molecule has 0 bridgehead atoms. The SMILES string of the molecule is Brc1cc(CNCCC2CCCO2)cc2c1OCCO2. The number of ether oxygens (including phenoxy) is 3. The lowest BCUT2D eigenvalue weighted by Gasteiger charge is -2.20.